The third-order valence-corrected chi connectivity index (χ3v) is 4.07. The molecule has 1 aromatic rings. The van der Waals surface area contributed by atoms with Gasteiger partial charge in [0.15, 0.2) is 0 Å². The quantitative estimate of drug-likeness (QED) is 0.653. The summed E-state index contributed by atoms with van der Waals surface area (Å²) >= 11 is 3.07. The van der Waals surface area contributed by atoms with Crippen molar-refractivity contribution in [1.82, 2.24) is 5.32 Å². The summed E-state index contributed by atoms with van der Waals surface area (Å²) in [6.45, 7) is -0.114. The van der Waals surface area contributed by atoms with Gasteiger partial charge in [-0.25, -0.2) is 0 Å². The van der Waals surface area contributed by atoms with E-state index in [4.69, 9.17) is 0 Å². The molecule has 102 valence electrons. The summed E-state index contributed by atoms with van der Waals surface area (Å²) in [7, 11) is 0. The van der Waals surface area contributed by atoms with E-state index in [2.05, 4.69) is 21.2 Å². The highest BCUT2D eigenvalue weighted by Gasteiger charge is 2.38. The van der Waals surface area contributed by atoms with Gasteiger partial charge in [0.2, 0.25) is 0 Å². The normalized spacial score (nSPS) is 16.5. The van der Waals surface area contributed by atoms with Crippen molar-refractivity contribution in [2.75, 3.05) is 6.61 Å². The Balaban J connectivity index is 2.20. The molecule has 6 nitrogen and oxygen atoms in total. The summed E-state index contributed by atoms with van der Waals surface area (Å²) in [4.78, 5) is 22.3. The predicted molar refractivity (Wildman–Crippen MR) is 71.9 cm³/mol. The van der Waals surface area contributed by atoms with Crippen molar-refractivity contribution < 1.29 is 14.8 Å². The molecular weight excluding hydrogens is 316 g/mol. The first-order chi connectivity index (χ1) is 8.97. The van der Waals surface area contributed by atoms with E-state index in [-0.39, 0.29) is 17.9 Å². The van der Waals surface area contributed by atoms with Crippen LogP contribution in [0.3, 0.4) is 0 Å². The first-order valence-corrected chi connectivity index (χ1v) is 6.64. The zero-order chi connectivity index (χ0) is 14.0. The summed E-state index contributed by atoms with van der Waals surface area (Å²) in [6, 6.07) is 4.21. The van der Waals surface area contributed by atoms with Crippen molar-refractivity contribution in [1.29, 1.82) is 0 Å². The Morgan fingerprint density at radius 2 is 2.21 bits per heavy atom. The number of amides is 1. The maximum absolute atomic E-state index is 12.0. The minimum atomic E-state index is -0.557. The number of nitro groups is 1. The lowest BCUT2D eigenvalue weighted by molar-refractivity contribution is -0.385. The Hall–Kier alpha value is -1.47. The molecule has 19 heavy (non-hydrogen) atoms. The van der Waals surface area contributed by atoms with Crippen LogP contribution in [0, 0.1) is 10.1 Å². The number of halogens is 1. The average molecular weight is 329 g/mol. The van der Waals surface area contributed by atoms with Crippen LogP contribution in [0.1, 0.15) is 29.6 Å². The second kappa shape index (κ2) is 5.26. The highest BCUT2D eigenvalue weighted by atomic mass is 79.9. The number of aliphatic hydroxyl groups is 1. The van der Waals surface area contributed by atoms with Gasteiger partial charge in [0.05, 0.1) is 21.5 Å². The van der Waals surface area contributed by atoms with E-state index in [1.165, 1.54) is 18.2 Å². The van der Waals surface area contributed by atoms with E-state index >= 15 is 0 Å². The maximum Gasteiger partial charge on any atom is 0.284 e. The number of rotatable bonds is 4. The monoisotopic (exact) mass is 328 g/mol. The number of aliphatic hydroxyl groups excluding tert-OH is 1. The number of hydrogen-bond donors (Lipinski definition) is 2. The molecule has 0 heterocycles. The molecule has 1 aliphatic rings. The Kier molecular flexibility index (Phi) is 3.86. The Morgan fingerprint density at radius 3 is 2.68 bits per heavy atom. The summed E-state index contributed by atoms with van der Waals surface area (Å²) in [5.74, 6) is -0.399. The second-order valence-electron chi connectivity index (χ2n) is 4.67. The lowest BCUT2D eigenvalue weighted by Gasteiger charge is -2.40. The number of carbonyl (C=O) groups excluding carboxylic acids is 1. The Morgan fingerprint density at radius 1 is 1.53 bits per heavy atom. The van der Waals surface area contributed by atoms with Gasteiger partial charge in [0.25, 0.3) is 11.6 Å². The van der Waals surface area contributed by atoms with Crippen LogP contribution in [0.15, 0.2) is 22.7 Å². The van der Waals surface area contributed by atoms with Crippen LogP contribution in [-0.2, 0) is 0 Å². The lowest BCUT2D eigenvalue weighted by Crippen LogP contribution is -2.56. The molecule has 0 atom stereocenters. The highest BCUT2D eigenvalue weighted by molar-refractivity contribution is 9.10. The van der Waals surface area contributed by atoms with Crippen LogP contribution in [0.25, 0.3) is 0 Å². The van der Waals surface area contributed by atoms with Gasteiger partial charge in [-0.1, -0.05) is 0 Å². The molecule has 0 radical (unpaired) electrons. The van der Waals surface area contributed by atoms with E-state index in [9.17, 15) is 20.0 Å². The van der Waals surface area contributed by atoms with Crippen molar-refractivity contribution in [2.45, 2.75) is 24.8 Å². The fraction of sp³-hybridized carbons (Fsp3) is 0.417. The van der Waals surface area contributed by atoms with Crippen molar-refractivity contribution in [3.8, 4) is 0 Å². The molecule has 0 aliphatic heterocycles. The number of nitrogens with zero attached hydrogens (tertiary/aromatic N) is 1. The molecule has 1 aliphatic carbocycles. The lowest BCUT2D eigenvalue weighted by atomic mass is 9.77. The van der Waals surface area contributed by atoms with Gasteiger partial charge in [0, 0.05) is 11.6 Å². The van der Waals surface area contributed by atoms with E-state index in [1.807, 2.05) is 0 Å². The molecule has 7 heteroatoms. The average Bonchev–Trinajstić information content (AvgIpc) is 2.33. The van der Waals surface area contributed by atoms with Crippen molar-refractivity contribution >= 4 is 27.5 Å². The number of nitrogens with one attached hydrogen (secondary N) is 1. The molecule has 0 spiro atoms. The molecule has 0 bridgehead atoms. The first kappa shape index (κ1) is 14.0. The molecule has 0 saturated heterocycles. The topological polar surface area (TPSA) is 92.5 Å². The molecule has 0 unspecified atom stereocenters. The van der Waals surface area contributed by atoms with Crippen molar-refractivity contribution in [2.24, 2.45) is 0 Å². The third-order valence-electron chi connectivity index (χ3n) is 3.40. The Bertz CT molecular complexity index is 523. The van der Waals surface area contributed by atoms with E-state index in [0.717, 1.165) is 19.3 Å². The third kappa shape index (κ3) is 2.76. The maximum atomic E-state index is 12.0. The minimum absolute atomic E-state index is 0.114. The first-order valence-electron chi connectivity index (χ1n) is 5.85. The summed E-state index contributed by atoms with van der Waals surface area (Å²) < 4.78 is 0.328. The van der Waals surface area contributed by atoms with Gasteiger partial charge in [-0.05, 0) is 47.3 Å². The summed E-state index contributed by atoms with van der Waals surface area (Å²) in [5, 5.41) is 22.9. The van der Waals surface area contributed by atoms with Crippen LogP contribution in [-0.4, -0.2) is 28.1 Å². The van der Waals surface area contributed by atoms with Crippen LogP contribution >= 0.6 is 15.9 Å². The Labute approximate surface area is 118 Å². The molecule has 2 N–H and O–H groups in total. The zero-order valence-corrected chi connectivity index (χ0v) is 11.6. The van der Waals surface area contributed by atoms with Crippen molar-refractivity contribution in [3.63, 3.8) is 0 Å². The van der Waals surface area contributed by atoms with Crippen LogP contribution in [0.2, 0.25) is 0 Å². The number of carbonyl (C=O) groups is 1. The van der Waals surface area contributed by atoms with E-state index in [1.54, 1.807) is 0 Å². The van der Waals surface area contributed by atoms with Crippen LogP contribution in [0.4, 0.5) is 5.69 Å². The fourth-order valence-electron chi connectivity index (χ4n) is 2.03. The number of hydrogen-bond acceptors (Lipinski definition) is 4. The van der Waals surface area contributed by atoms with Crippen molar-refractivity contribution in [3.05, 3.63) is 38.3 Å². The van der Waals surface area contributed by atoms with Crippen LogP contribution < -0.4 is 5.32 Å². The zero-order valence-electron chi connectivity index (χ0n) is 10.1. The van der Waals surface area contributed by atoms with Gasteiger partial charge in [-0.3, -0.25) is 14.9 Å². The number of nitro benzene ring substituents is 1. The minimum Gasteiger partial charge on any atom is -0.394 e. The van der Waals surface area contributed by atoms with Gasteiger partial charge in [-0.2, -0.15) is 0 Å². The summed E-state index contributed by atoms with van der Waals surface area (Å²) in [6.07, 6.45) is 2.42. The van der Waals surface area contributed by atoms with E-state index < -0.39 is 16.4 Å². The highest BCUT2D eigenvalue weighted by Crippen LogP contribution is 2.32. The van der Waals surface area contributed by atoms with Crippen LogP contribution in [0.5, 0.6) is 0 Å². The molecule has 1 amide bonds. The second-order valence-corrected chi connectivity index (χ2v) is 5.52. The van der Waals surface area contributed by atoms with Gasteiger partial charge in [-0.15, -0.1) is 0 Å². The largest absolute Gasteiger partial charge is 0.394 e. The fourth-order valence-corrected chi connectivity index (χ4v) is 2.42. The molecule has 1 fully saturated rings. The smallest absolute Gasteiger partial charge is 0.284 e. The van der Waals surface area contributed by atoms with Gasteiger partial charge in [0.1, 0.15) is 0 Å². The molecule has 2 rings (SSSR count). The predicted octanol–water partition coefficient (Wildman–Crippen LogP) is 2.00. The molecule has 1 saturated carbocycles. The molecule has 0 aromatic heterocycles. The van der Waals surface area contributed by atoms with Gasteiger partial charge < -0.3 is 10.4 Å². The summed E-state index contributed by atoms with van der Waals surface area (Å²) in [5.41, 5.74) is -0.493. The molecule has 1 aromatic carbocycles. The number of benzene rings is 1. The van der Waals surface area contributed by atoms with E-state index in [0.29, 0.717) is 4.47 Å². The molecular formula is C12H13BrN2O4. The van der Waals surface area contributed by atoms with Gasteiger partial charge >= 0.3 is 0 Å². The SMILES string of the molecule is O=C(NC1(CO)CCC1)c1ccc(Br)c([N+](=O)[O-])c1. The standard InChI is InChI=1S/C12H13BrN2O4/c13-9-3-2-8(6-10(9)15(18)19)11(17)14-12(7-16)4-1-5-12/h2-3,6,16H,1,4-5,7H2,(H,14,17).